The molecule has 18 heavy (non-hydrogen) atoms. The Morgan fingerprint density at radius 1 is 1.11 bits per heavy atom. The normalized spacial score (nSPS) is 12.4. The summed E-state index contributed by atoms with van der Waals surface area (Å²) >= 11 is 3.32. The van der Waals surface area contributed by atoms with Crippen LogP contribution in [0.4, 0.5) is 4.39 Å². The van der Waals surface area contributed by atoms with E-state index in [1.54, 1.807) is 12.1 Å². The molecule has 0 radical (unpaired) electrons. The monoisotopic (exact) mass is 308 g/mol. The van der Waals surface area contributed by atoms with Crippen molar-refractivity contribution in [3.05, 3.63) is 69.4 Å². The molecule has 2 aromatic carbocycles. The molecule has 0 spiro atoms. The highest BCUT2D eigenvalue weighted by Gasteiger charge is 2.13. The summed E-state index contributed by atoms with van der Waals surface area (Å²) in [5.74, 6) is -0.298. The summed E-state index contributed by atoms with van der Waals surface area (Å²) in [7, 11) is 0. The molecule has 0 saturated heterocycles. The number of hydrogen-bond acceptors (Lipinski definition) is 2. The van der Waals surface area contributed by atoms with Gasteiger partial charge in [0.25, 0.3) is 0 Å². The Hall–Kier alpha value is -1.23. The smallest absolute Gasteiger partial charge is 0.128 e. The van der Waals surface area contributed by atoms with Gasteiger partial charge in [0.05, 0.1) is 6.04 Å². The largest absolute Gasteiger partial charge is 0.326 e. The third-order valence-electron chi connectivity index (χ3n) is 2.87. The topological polar surface area (TPSA) is 52.0 Å². The Morgan fingerprint density at radius 3 is 2.39 bits per heavy atom. The van der Waals surface area contributed by atoms with Crippen LogP contribution in [-0.2, 0) is 6.54 Å². The van der Waals surface area contributed by atoms with E-state index in [-0.39, 0.29) is 5.82 Å². The van der Waals surface area contributed by atoms with Gasteiger partial charge in [-0.15, -0.1) is 0 Å². The molecule has 94 valence electrons. The fourth-order valence-electron chi connectivity index (χ4n) is 1.79. The van der Waals surface area contributed by atoms with Crippen LogP contribution in [0.3, 0.4) is 0 Å². The Bertz CT molecular complexity index is 540. The van der Waals surface area contributed by atoms with Gasteiger partial charge in [0.1, 0.15) is 5.82 Å². The standard InChI is InChI=1S/C14H14BrFN2/c15-11-5-6-13(16)12(7-11)14(18)10-3-1-9(8-17)2-4-10/h1-7,14H,8,17-18H2. The van der Waals surface area contributed by atoms with Crippen LogP contribution in [0.5, 0.6) is 0 Å². The van der Waals surface area contributed by atoms with Crippen LogP contribution in [0.15, 0.2) is 46.9 Å². The molecule has 0 fully saturated rings. The van der Waals surface area contributed by atoms with Crippen molar-refractivity contribution in [2.45, 2.75) is 12.6 Å². The van der Waals surface area contributed by atoms with E-state index in [9.17, 15) is 4.39 Å². The first-order chi connectivity index (χ1) is 8.61. The van der Waals surface area contributed by atoms with Gasteiger partial charge in [0, 0.05) is 16.6 Å². The van der Waals surface area contributed by atoms with Gasteiger partial charge in [-0.25, -0.2) is 4.39 Å². The lowest BCUT2D eigenvalue weighted by molar-refractivity contribution is 0.599. The third-order valence-corrected chi connectivity index (χ3v) is 3.36. The summed E-state index contributed by atoms with van der Waals surface area (Å²) in [5, 5.41) is 0. The predicted molar refractivity (Wildman–Crippen MR) is 74.5 cm³/mol. The van der Waals surface area contributed by atoms with E-state index >= 15 is 0 Å². The van der Waals surface area contributed by atoms with E-state index in [1.165, 1.54) is 6.07 Å². The molecule has 0 aliphatic heterocycles. The molecule has 0 saturated carbocycles. The van der Waals surface area contributed by atoms with Crippen LogP contribution >= 0.6 is 15.9 Å². The average molecular weight is 309 g/mol. The molecule has 4 N–H and O–H groups in total. The maximum Gasteiger partial charge on any atom is 0.128 e. The van der Waals surface area contributed by atoms with Crippen molar-refractivity contribution >= 4 is 15.9 Å². The van der Waals surface area contributed by atoms with Crippen molar-refractivity contribution in [1.29, 1.82) is 0 Å². The minimum Gasteiger partial charge on any atom is -0.326 e. The molecule has 2 rings (SSSR count). The number of halogens is 2. The molecule has 1 atom stereocenters. The summed E-state index contributed by atoms with van der Waals surface area (Å²) < 4.78 is 14.5. The molecule has 0 aromatic heterocycles. The highest BCUT2D eigenvalue weighted by molar-refractivity contribution is 9.10. The van der Waals surface area contributed by atoms with E-state index in [0.29, 0.717) is 12.1 Å². The second-order valence-electron chi connectivity index (χ2n) is 4.09. The van der Waals surface area contributed by atoms with Gasteiger partial charge in [-0.2, -0.15) is 0 Å². The van der Waals surface area contributed by atoms with Crippen LogP contribution in [-0.4, -0.2) is 0 Å². The molecular weight excluding hydrogens is 295 g/mol. The zero-order valence-corrected chi connectivity index (χ0v) is 11.3. The molecule has 0 aliphatic carbocycles. The number of rotatable bonds is 3. The van der Waals surface area contributed by atoms with Gasteiger partial charge in [-0.3, -0.25) is 0 Å². The quantitative estimate of drug-likeness (QED) is 0.915. The summed E-state index contributed by atoms with van der Waals surface area (Å²) in [6.45, 7) is 0.487. The molecule has 2 nitrogen and oxygen atoms in total. The Kier molecular flexibility index (Phi) is 4.11. The molecule has 0 bridgehead atoms. The van der Waals surface area contributed by atoms with E-state index < -0.39 is 6.04 Å². The first kappa shape index (κ1) is 13.2. The molecular formula is C14H14BrFN2. The average Bonchev–Trinajstić information content (AvgIpc) is 2.41. The van der Waals surface area contributed by atoms with E-state index in [1.807, 2.05) is 24.3 Å². The first-order valence-corrected chi connectivity index (χ1v) is 6.40. The third kappa shape index (κ3) is 2.77. The minimum absolute atomic E-state index is 0.298. The van der Waals surface area contributed by atoms with Crippen molar-refractivity contribution in [1.82, 2.24) is 0 Å². The van der Waals surface area contributed by atoms with Crippen LogP contribution in [0, 0.1) is 5.82 Å². The lowest BCUT2D eigenvalue weighted by atomic mass is 9.98. The summed E-state index contributed by atoms with van der Waals surface area (Å²) in [5.41, 5.74) is 14.0. The zero-order valence-electron chi connectivity index (χ0n) is 9.74. The fourth-order valence-corrected chi connectivity index (χ4v) is 2.17. The van der Waals surface area contributed by atoms with E-state index in [4.69, 9.17) is 11.5 Å². The summed E-state index contributed by atoms with van der Waals surface area (Å²) in [6.07, 6.45) is 0. The highest BCUT2D eigenvalue weighted by atomic mass is 79.9. The van der Waals surface area contributed by atoms with Gasteiger partial charge >= 0.3 is 0 Å². The van der Waals surface area contributed by atoms with Crippen LogP contribution in [0.25, 0.3) is 0 Å². The predicted octanol–water partition coefficient (Wildman–Crippen LogP) is 3.10. The maximum atomic E-state index is 13.7. The number of nitrogens with two attached hydrogens (primary N) is 2. The lowest BCUT2D eigenvalue weighted by Crippen LogP contribution is -2.13. The van der Waals surface area contributed by atoms with Crippen molar-refractivity contribution in [2.75, 3.05) is 0 Å². The summed E-state index contributed by atoms with van der Waals surface area (Å²) in [4.78, 5) is 0. The molecule has 0 aliphatic rings. The van der Waals surface area contributed by atoms with Gasteiger partial charge in [-0.05, 0) is 29.3 Å². The Balaban J connectivity index is 2.34. The second-order valence-corrected chi connectivity index (χ2v) is 5.00. The highest BCUT2D eigenvalue weighted by Crippen LogP contribution is 2.25. The molecule has 1 unspecified atom stereocenters. The van der Waals surface area contributed by atoms with E-state index in [2.05, 4.69) is 15.9 Å². The number of hydrogen-bond donors (Lipinski definition) is 2. The number of benzene rings is 2. The van der Waals surface area contributed by atoms with Gasteiger partial charge in [-0.1, -0.05) is 40.2 Å². The minimum atomic E-state index is -0.477. The van der Waals surface area contributed by atoms with Gasteiger partial charge in [0.15, 0.2) is 0 Å². The van der Waals surface area contributed by atoms with Gasteiger partial charge in [0.2, 0.25) is 0 Å². The summed E-state index contributed by atoms with van der Waals surface area (Å²) in [6, 6.07) is 11.9. The van der Waals surface area contributed by atoms with Crippen LogP contribution < -0.4 is 11.5 Å². The van der Waals surface area contributed by atoms with Crippen molar-refractivity contribution in [3.8, 4) is 0 Å². The van der Waals surface area contributed by atoms with Crippen molar-refractivity contribution in [2.24, 2.45) is 11.5 Å². The van der Waals surface area contributed by atoms with Gasteiger partial charge < -0.3 is 11.5 Å². The van der Waals surface area contributed by atoms with Crippen LogP contribution in [0.1, 0.15) is 22.7 Å². The van der Waals surface area contributed by atoms with E-state index in [0.717, 1.165) is 15.6 Å². The molecule has 0 heterocycles. The Morgan fingerprint density at radius 2 is 1.78 bits per heavy atom. The molecule has 0 amide bonds. The van der Waals surface area contributed by atoms with Crippen LogP contribution in [0.2, 0.25) is 0 Å². The fraction of sp³-hybridized carbons (Fsp3) is 0.143. The molecule has 4 heteroatoms. The molecule has 2 aromatic rings. The zero-order chi connectivity index (χ0) is 13.1. The maximum absolute atomic E-state index is 13.7. The Labute approximate surface area is 114 Å². The van der Waals surface area contributed by atoms with Crippen molar-refractivity contribution < 1.29 is 4.39 Å². The van der Waals surface area contributed by atoms with Crippen molar-refractivity contribution in [3.63, 3.8) is 0 Å². The lowest BCUT2D eigenvalue weighted by Gasteiger charge is -2.14. The SMILES string of the molecule is NCc1ccc(C(N)c2cc(Br)ccc2F)cc1. The second kappa shape index (κ2) is 5.61. The first-order valence-electron chi connectivity index (χ1n) is 5.61.